The molecule has 15 heavy (non-hydrogen) atoms. The number of nitrogens with one attached hydrogen (secondary N) is 1. The van der Waals surface area contributed by atoms with Crippen molar-refractivity contribution < 1.29 is 9.53 Å². The van der Waals surface area contributed by atoms with E-state index in [4.69, 9.17) is 4.74 Å². The van der Waals surface area contributed by atoms with Gasteiger partial charge in [0.1, 0.15) is 5.75 Å². The number of allylic oxidation sites excluding steroid dienone is 1. The molecule has 0 atom stereocenters. The highest BCUT2D eigenvalue weighted by Crippen LogP contribution is 2.24. The van der Waals surface area contributed by atoms with Crippen molar-refractivity contribution in [1.82, 2.24) is 5.32 Å². The second-order valence-electron chi connectivity index (χ2n) is 3.83. The molecule has 0 spiro atoms. The number of benzene rings is 1. The molecule has 3 nitrogen and oxygen atoms in total. The maximum absolute atomic E-state index is 10.9. The number of amides is 1. The minimum Gasteiger partial charge on any atom is -0.410 e. The molecule has 0 saturated heterocycles. The molecule has 0 fully saturated rings. The summed E-state index contributed by atoms with van der Waals surface area (Å²) in [6.45, 7) is 4.65. The van der Waals surface area contributed by atoms with Crippen molar-refractivity contribution in [1.29, 1.82) is 0 Å². The van der Waals surface area contributed by atoms with Crippen LogP contribution in [0.2, 0.25) is 0 Å². The second kappa shape index (κ2) is 3.77. The average Bonchev–Trinajstić information content (AvgIpc) is 2.17. The van der Waals surface area contributed by atoms with Crippen molar-refractivity contribution in [2.75, 3.05) is 0 Å². The fourth-order valence-electron chi connectivity index (χ4n) is 1.56. The molecule has 78 valence electrons. The van der Waals surface area contributed by atoms with E-state index in [9.17, 15) is 4.79 Å². The lowest BCUT2D eigenvalue weighted by Crippen LogP contribution is -2.31. The molecule has 1 aromatic rings. The molecule has 1 heterocycles. The smallest absolute Gasteiger partial charge is 0.410 e. The van der Waals surface area contributed by atoms with Crippen LogP contribution in [0.4, 0.5) is 4.79 Å². The number of hydrogen-bond acceptors (Lipinski definition) is 2. The molecule has 1 aliphatic heterocycles. The van der Waals surface area contributed by atoms with Crippen molar-refractivity contribution in [3.8, 4) is 5.75 Å². The van der Waals surface area contributed by atoms with Crippen LogP contribution in [-0.4, -0.2) is 6.09 Å². The molecule has 1 N–H and O–H groups in total. The van der Waals surface area contributed by atoms with Crippen molar-refractivity contribution in [2.24, 2.45) is 0 Å². The summed E-state index contributed by atoms with van der Waals surface area (Å²) in [5.74, 6) is 0.657. The van der Waals surface area contributed by atoms with Gasteiger partial charge in [0.25, 0.3) is 0 Å². The van der Waals surface area contributed by atoms with Crippen LogP contribution in [0.1, 0.15) is 25.0 Å². The van der Waals surface area contributed by atoms with Gasteiger partial charge in [0, 0.05) is 12.1 Å². The fraction of sp³-hybridized carbons (Fsp3) is 0.250. The van der Waals surface area contributed by atoms with E-state index in [0.29, 0.717) is 12.3 Å². The lowest BCUT2D eigenvalue weighted by molar-refractivity contribution is 0.194. The predicted molar refractivity (Wildman–Crippen MR) is 58.6 cm³/mol. The topological polar surface area (TPSA) is 38.3 Å². The Labute approximate surface area is 88.8 Å². The number of carbonyl (C=O) groups is 1. The highest BCUT2D eigenvalue weighted by atomic mass is 16.6. The lowest BCUT2D eigenvalue weighted by atomic mass is 10.1. The number of carbonyl (C=O) groups excluding carboxylic acids is 1. The Morgan fingerprint density at radius 2 is 2.27 bits per heavy atom. The predicted octanol–water partition coefficient (Wildman–Crippen LogP) is 2.71. The number of ether oxygens (including phenoxy) is 1. The van der Waals surface area contributed by atoms with Crippen LogP contribution < -0.4 is 10.1 Å². The molecule has 0 aliphatic carbocycles. The maximum Gasteiger partial charge on any atom is 0.412 e. The van der Waals surface area contributed by atoms with Crippen LogP contribution in [0.25, 0.3) is 6.08 Å². The van der Waals surface area contributed by atoms with E-state index < -0.39 is 0 Å². The summed E-state index contributed by atoms with van der Waals surface area (Å²) >= 11 is 0. The molecular formula is C12H13NO2. The summed E-state index contributed by atoms with van der Waals surface area (Å²) < 4.78 is 5.02. The first kappa shape index (κ1) is 9.77. The van der Waals surface area contributed by atoms with Gasteiger partial charge in [-0.15, -0.1) is 0 Å². The molecule has 0 aromatic heterocycles. The Balaban J connectivity index is 2.35. The van der Waals surface area contributed by atoms with Gasteiger partial charge in [-0.2, -0.15) is 0 Å². The summed E-state index contributed by atoms with van der Waals surface area (Å²) in [7, 11) is 0. The average molecular weight is 203 g/mol. The SMILES string of the molecule is CC(C)=Cc1ccc2c(c1)CNC(=O)O2. The monoisotopic (exact) mass is 203 g/mol. The third-order valence-electron chi connectivity index (χ3n) is 2.17. The van der Waals surface area contributed by atoms with E-state index in [1.807, 2.05) is 18.2 Å². The van der Waals surface area contributed by atoms with Crippen molar-refractivity contribution in [3.63, 3.8) is 0 Å². The zero-order valence-corrected chi connectivity index (χ0v) is 8.83. The van der Waals surface area contributed by atoms with Crippen molar-refractivity contribution in [2.45, 2.75) is 20.4 Å². The summed E-state index contributed by atoms with van der Waals surface area (Å²) in [5, 5.41) is 2.64. The first-order valence-corrected chi connectivity index (χ1v) is 4.88. The first-order chi connectivity index (χ1) is 7.15. The highest BCUT2D eigenvalue weighted by molar-refractivity contribution is 5.73. The Morgan fingerprint density at radius 3 is 3.00 bits per heavy atom. The van der Waals surface area contributed by atoms with Crippen molar-refractivity contribution in [3.05, 3.63) is 34.9 Å². The van der Waals surface area contributed by atoms with Crippen LogP contribution >= 0.6 is 0 Å². The van der Waals surface area contributed by atoms with E-state index >= 15 is 0 Å². The number of fused-ring (bicyclic) bond motifs is 1. The van der Waals surface area contributed by atoms with Gasteiger partial charge >= 0.3 is 6.09 Å². The third-order valence-corrected chi connectivity index (χ3v) is 2.17. The number of hydrogen-bond donors (Lipinski definition) is 1. The minimum atomic E-state index is -0.377. The van der Waals surface area contributed by atoms with Crippen LogP contribution in [0.15, 0.2) is 23.8 Å². The van der Waals surface area contributed by atoms with Crippen LogP contribution in [-0.2, 0) is 6.54 Å². The largest absolute Gasteiger partial charge is 0.412 e. The zero-order chi connectivity index (χ0) is 10.8. The van der Waals surface area contributed by atoms with Gasteiger partial charge in [-0.25, -0.2) is 4.79 Å². The Bertz CT molecular complexity index is 431. The van der Waals surface area contributed by atoms with E-state index in [0.717, 1.165) is 11.1 Å². The molecule has 0 radical (unpaired) electrons. The first-order valence-electron chi connectivity index (χ1n) is 4.88. The zero-order valence-electron chi connectivity index (χ0n) is 8.83. The summed E-state index contributed by atoms with van der Waals surface area (Å²) in [4.78, 5) is 10.9. The Kier molecular flexibility index (Phi) is 2.46. The van der Waals surface area contributed by atoms with Gasteiger partial charge in [-0.1, -0.05) is 17.7 Å². The van der Waals surface area contributed by atoms with Crippen molar-refractivity contribution >= 4 is 12.2 Å². The highest BCUT2D eigenvalue weighted by Gasteiger charge is 2.15. The van der Waals surface area contributed by atoms with E-state index in [1.165, 1.54) is 5.57 Å². The van der Waals surface area contributed by atoms with Gasteiger partial charge in [0.15, 0.2) is 0 Å². The molecular weight excluding hydrogens is 190 g/mol. The Morgan fingerprint density at radius 1 is 1.47 bits per heavy atom. The molecule has 2 rings (SSSR count). The quantitative estimate of drug-likeness (QED) is 0.762. The summed E-state index contributed by atoms with van der Waals surface area (Å²) in [5.41, 5.74) is 3.40. The Hall–Kier alpha value is -1.77. The summed E-state index contributed by atoms with van der Waals surface area (Å²) in [6.07, 6.45) is 1.72. The van der Waals surface area contributed by atoms with Gasteiger partial charge in [-0.05, 0) is 31.5 Å². The van der Waals surface area contributed by atoms with Gasteiger partial charge in [0.05, 0.1) is 0 Å². The molecule has 0 unspecified atom stereocenters. The number of rotatable bonds is 1. The second-order valence-corrected chi connectivity index (χ2v) is 3.83. The van der Waals surface area contributed by atoms with Crippen LogP contribution in [0.3, 0.4) is 0 Å². The molecule has 1 aliphatic rings. The maximum atomic E-state index is 10.9. The molecule has 3 heteroatoms. The van der Waals surface area contributed by atoms with Crippen LogP contribution in [0, 0.1) is 0 Å². The van der Waals surface area contributed by atoms with E-state index in [2.05, 4.69) is 25.2 Å². The van der Waals surface area contributed by atoms with E-state index in [1.54, 1.807) is 0 Å². The molecule has 1 aromatic carbocycles. The third kappa shape index (κ3) is 2.18. The standard InChI is InChI=1S/C12H13NO2/c1-8(2)5-9-3-4-11-10(6-9)7-13-12(14)15-11/h3-6H,7H2,1-2H3,(H,13,14). The van der Waals surface area contributed by atoms with Gasteiger partial charge in [-0.3, -0.25) is 0 Å². The molecule has 1 amide bonds. The lowest BCUT2D eigenvalue weighted by Gasteiger charge is -2.17. The van der Waals surface area contributed by atoms with Crippen LogP contribution in [0.5, 0.6) is 5.75 Å². The molecule has 0 saturated carbocycles. The van der Waals surface area contributed by atoms with Gasteiger partial charge < -0.3 is 10.1 Å². The minimum absolute atomic E-state index is 0.377. The summed E-state index contributed by atoms with van der Waals surface area (Å²) in [6, 6.07) is 5.81. The normalized spacial score (nSPS) is 13.6. The molecule has 0 bridgehead atoms. The fourth-order valence-corrected chi connectivity index (χ4v) is 1.56. The van der Waals surface area contributed by atoms with Gasteiger partial charge in [0.2, 0.25) is 0 Å². The van der Waals surface area contributed by atoms with E-state index in [-0.39, 0.29) is 6.09 Å².